The van der Waals surface area contributed by atoms with E-state index in [2.05, 4.69) is 5.32 Å². The third kappa shape index (κ3) is 4.94. The lowest BCUT2D eigenvalue weighted by Crippen LogP contribution is -2.25. The third-order valence-electron chi connectivity index (χ3n) is 2.13. The van der Waals surface area contributed by atoms with E-state index in [4.69, 9.17) is 27.9 Å². The van der Waals surface area contributed by atoms with E-state index >= 15 is 0 Å². The van der Waals surface area contributed by atoms with Crippen LogP contribution in [0.25, 0.3) is 0 Å². The Hall–Kier alpha value is -0.770. The maximum Gasteiger partial charge on any atom is 0.252 e. The molecule has 94 valence electrons. The van der Waals surface area contributed by atoms with Gasteiger partial charge in [0.05, 0.1) is 10.6 Å². The number of carbonyl (C=O) groups is 1. The average Bonchev–Trinajstić information content (AvgIpc) is 2.28. The molecule has 0 spiro atoms. The summed E-state index contributed by atoms with van der Waals surface area (Å²) in [6, 6.07) is 4.81. The fraction of sp³-hybridized carbons (Fsp3) is 0.417. The van der Waals surface area contributed by atoms with Crippen molar-refractivity contribution in [2.24, 2.45) is 0 Å². The van der Waals surface area contributed by atoms with Crippen molar-refractivity contribution >= 4 is 29.1 Å². The number of hydrogen-bond donors (Lipinski definition) is 1. The zero-order chi connectivity index (χ0) is 12.7. The fourth-order valence-electron chi connectivity index (χ4n) is 1.29. The lowest BCUT2D eigenvalue weighted by atomic mass is 10.2. The molecule has 1 amide bonds. The molecule has 17 heavy (non-hydrogen) atoms. The Morgan fingerprint density at radius 1 is 1.41 bits per heavy atom. The second-order valence-corrected chi connectivity index (χ2v) is 4.27. The van der Waals surface area contributed by atoms with E-state index < -0.39 is 0 Å². The van der Waals surface area contributed by atoms with Gasteiger partial charge in [0.2, 0.25) is 0 Å². The molecular formula is C12H15Cl2NO2. The SMILES string of the molecule is CCOCCCNC(=O)c1ccc(Cl)cc1Cl. The minimum absolute atomic E-state index is 0.192. The zero-order valence-electron chi connectivity index (χ0n) is 9.63. The Labute approximate surface area is 111 Å². The van der Waals surface area contributed by atoms with Gasteiger partial charge in [-0.15, -0.1) is 0 Å². The molecule has 1 rings (SSSR count). The quantitative estimate of drug-likeness (QED) is 0.810. The van der Waals surface area contributed by atoms with Crippen LogP contribution in [0.3, 0.4) is 0 Å². The second kappa shape index (κ2) is 7.54. The summed E-state index contributed by atoms with van der Waals surface area (Å²) in [6.07, 6.45) is 0.783. The third-order valence-corrected chi connectivity index (χ3v) is 2.68. The number of nitrogens with one attached hydrogen (secondary N) is 1. The van der Waals surface area contributed by atoms with Crippen LogP contribution >= 0.6 is 23.2 Å². The van der Waals surface area contributed by atoms with Crippen LogP contribution in [-0.4, -0.2) is 25.7 Å². The normalized spacial score (nSPS) is 10.3. The fourth-order valence-corrected chi connectivity index (χ4v) is 1.78. The second-order valence-electron chi connectivity index (χ2n) is 3.43. The number of ether oxygens (including phenoxy) is 1. The molecule has 0 saturated carbocycles. The molecule has 0 atom stereocenters. The van der Waals surface area contributed by atoms with Crippen molar-refractivity contribution < 1.29 is 9.53 Å². The Bertz CT molecular complexity index is 383. The van der Waals surface area contributed by atoms with Gasteiger partial charge in [-0.3, -0.25) is 4.79 Å². The Balaban J connectivity index is 2.42. The minimum atomic E-state index is -0.192. The van der Waals surface area contributed by atoms with Gasteiger partial charge in [0.25, 0.3) is 5.91 Å². The van der Waals surface area contributed by atoms with Gasteiger partial charge < -0.3 is 10.1 Å². The zero-order valence-corrected chi connectivity index (χ0v) is 11.1. The Kier molecular flexibility index (Phi) is 6.34. The van der Waals surface area contributed by atoms with E-state index in [1.807, 2.05) is 6.92 Å². The Morgan fingerprint density at radius 3 is 2.82 bits per heavy atom. The number of halogens is 2. The lowest BCUT2D eigenvalue weighted by molar-refractivity contribution is 0.0944. The van der Waals surface area contributed by atoms with Crippen molar-refractivity contribution in [3.63, 3.8) is 0 Å². The summed E-state index contributed by atoms with van der Waals surface area (Å²) in [5.41, 5.74) is 0.437. The minimum Gasteiger partial charge on any atom is -0.382 e. The number of benzene rings is 1. The predicted octanol–water partition coefficient (Wildman–Crippen LogP) is 3.15. The van der Waals surface area contributed by atoms with Crippen molar-refractivity contribution in [2.75, 3.05) is 19.8 Å². The molecule has 0 aliphatic heterocycles. The number of amides is 1. The first-order valence-electron chi connectivity index (χ1n) is 5.46. The van der Waals surface area contributed by atoms with Gasteiger partial charge in [-0.2, -0.15) is 0 Å². The first-order chi connectivity index (χ1) is 8.15. The molecule has 0 aromatic heterocycles. The van der Waals surface area contributed by atoms with Crippen molar-refractivity contribution in [3.8, 4) is 0 Å². The van der Waals surface area contributed by atoms with E-state index in [1.54, 1.807) is 18.2 Å². The Morgan fingerprint density at radius 2 is 2.18 bits per heavy atom. The molecule has 0 aliphatic carbocycles. The summed E-state index contributed by atoms with van der Waals surface area (Å²) in [5, 5.41) is 3.65. The summed E-state index contributed by atoms with van der Waals surface area (Å²) in [7, 11) is 0. The molecule has 0 radical (unpaired) electrons. The highest BCUT2D eigenvalue weighted by molar-refractivity contribution is 6.36. The van der Waals surface area contributed by atoms with E-state index in [-0.39, 0.29) is 5.91 Å². The highest BCUT2D eigenvalue weighted by Crippen LogP contribution is 2.20. The number of rotatable bonds is 6. The maximum absolute atomic E-state index is 11.7. The molecule has 1 aromatic rings. The summed E-state index contributed by atoms with van der Waals surface area (Å²) < 4.78 is 5.17. The average molecular weight is 276 g/mol. The van der Waals surface area contributed by atoms with Gasteiger partial charge in [-0.25, -0.2) is 0 Å². The van der Waals surface area contributed by atoms with E-state index in [0.29, 0.717) is 35.4 Å². The van der Waals surface area contributed by atoms with Crippen LogP contribution in [-0.2, 0) is 4.74 Å². The first kappa shape index (κ1) is 14.3. The van der Waals surface area contributed by atoms with Gasteiger partial charge in [0, 0.05) is 24.8 Å². The summed E-state index contributed by atoms with van der Waals surface area (Å²) in [6.45, 7) is 3.84. The first-order valence-corrected chi connectivity index (χ1v) is 6.21. The highest BCUT2D eigenvalue weighted by atomic mass is 35.5. The van der Waals surface area contributed by atoms with E-state index in [0.717, 1.165) is 6.42 Å². The molecule has 0 fully saturated rings. The van der Waals surface area contributed by atoms with E-state index in [1.165, 1.54) is 0 Å². The number of hydrogen-bond acceptors (Lipinski definition) is 2. The van der Waals surface area contributed by atoms with Crippen molar-refractivity contribution in [2.45, 2.75) is 13.3 Å². The highest BCUT2D eigenvalue weighted by Gasteiger charge is 2.09. The lowest BCUT2D eigenvalue weighted by Gasteiger charge is -2.07. The number of carbonyl (C=O) groups excluding carboxylic acids is 1. The summed E-state index contributed by atoms with van der Waals surface area (Å²) in [5.74, 6) is -0.192. The van der Waals surface area contributed by atoms with Gasteiger partial charge in [0.15, 0.2) is 0 Å². The van der Waals surface area contributed by atoms with Gasteiger partial charge >= 0.3 is 0 Å². The molecule has 0 saturated heterocycles. The van der Waals surface area contributed by atoms with Crippen LogP contribution in [0.15, 0.2) is 18.2 Å². The molecule has 3 nitrogen and oxygen atoms in total. The van der Waals surface area contributed by atoms with Crippen LogP contribution in [0, 0.1) is 0 Å². The maximum atomic E-state index is 11.7. The molecule has 1 N–H and O–H groups in total. The molecule has 1 aromatic carbocycles. The summed E-state index contributed by atoms with van der Waals surface area (Å²) in [4.78, 5) is 11.7. The van der Waals surface area contributed by atoms with Crippen molar-refractivity contribution in [3.05, 3.63) is 33.8 Å². The summed E-state index contributed by atoms with van der Waals surface area (Å²) >= 11 is 11.7. The van der Waals surface area contributed by atoms with Gasteiger partial charge in [0.1, 0.15) is 0 Å². The molecule has 0 aliphatic rings. The smallest absolute Gasteiger partial charge is 0.252 e. The van der Waals surface area contributed by atoms with Crippen LogP contribution in [0.4, 0.5) is 0 Å². The molecule has 0 bridgehead atoms. The van der Waals surface area contributed by atoms with Crippen molar-refractivity contribution in [1.82, 2.24) is 5.32 Å². The van der Waals surface area contributed by atoms with Gasteiger partial charge in [-0.05, 0) is 31.5 Å². The monoisotopic (exact) mass is 275 g/mol. The molecular weight excluding hydrogens is 261 g/mol. The van der Waals surface area contributed by atoms with Crippen LogP contribution in [0.5, 0.6) is 0 Å². The van der Waals surface area contributed by atoms with Crippen LogP contribution < -0.4 is 5.32 Å². The predicted molar refractivity (Wildman–Crippen MR) is 69.9 cm³/mol. The van der Waals surface area contributed by atoms with Crippen LogP contribution in [0.2, 0.25) is 10.0 Å². The topological polar surface area (TPSA) is 38.3 Å². The van der Waals surface area contributed by atoms with Gasteiger partial charge in [-0.1, -0.05) is 23.2 Å². The van der Waals surface area contributed by atoms with Crippen molar-refractivity contribution in [1.29, 1.82) is 0 Å². The van der Waals surface area contributed by atoms with Crippen LogP contribution in [0.1, 0.15) is 23.7 Å². The largest absolute Gasteiger partial charge is 0.382 e. The molecule has 0 heterocycles. The molecule has 5 heteroatoms. The van der Waals surface area contributed by atoms with E-state index in [9.17, 15) is 4.79 Å². The molecule has 0 unspecified atom stereocenters. The standard InChI is InChI=1S/C12H15Cl2NO2/c1-2-17-7-3-6-15-12(16)10-5-4-9(13)8-11(10)14/h4-5,8H,2-3,6-7H2,1H3,(H,15,16).